The molecule has 20 heteroatoms. The zero-order valence-corrected chi connectivity index (χ0v) is 24.6. The second-order valence-corrected chi connectivity index (χ2v) is 10.1. The van der Waals surface area contributed by atoms with Crippen LogP contribution in [0, 0.1) is 0 Å². The summed E-state index contributed by atoms with van der Waals surface area (Å²) in [6.45, 7) is -0.737. The van der Waals surface area contributed by atoms with Crippen LogP contribution in [0.15, 0.2) is 24.8 Å². The molecule has 0 bridgehead atoms. The average molecular weight is 653 g/mol. The van der Waals surface area contributed by atoms with Gasteiger partial charge in [-0.15, -0.1) is 0 Å². The molecular formula is C26H36N8O12. The number of nitrogens with one attached hydrogen (secondary N) is 3. The zero-order chi connectivity index (χ0) is 34.2. The van der Waals surface area contributed by atoms with Crippen LogP contribution >= 0.6 is 0 Å². The molecule has 0 aliphatic carbocycles. The molecule has 2 heterocycles. The quantitative estimate of drug-likeness (QED) is 0.0679. The summed E-state index contributed by atoms with van der Waals surface area (Å²) in [6.07, 6.45) is 5.33. The van der Waals surface area contributed by atoms with E-state index in [0.29, 0.717) is 18.1 Å². The van der Waals surface area contributed by atoms with Gasteiger partial charge < -0.3 is 50.6 Å². The molecule has 0 aromatic carbocycles. The summed E-state index contributed by atoms with van der Waals surface area (Å²) in [4.78, 5) is 90.8. The first kappa shape index (κ1) is 36.7. The van der Waals surface area contributed by atoms with Crippen molar-refractivity contribution < 1.29 is 59.1 Å². The van der Waals surface area contributed by atoms with Crippen LogP contribution in [0.5, 0.6) is 0 Å². The topological polar surface area (TPSA) is 296 Å². The van der Waals surface area contributed by atoms with E-state index in [-0.39, 0.29) is 52.1 Å². The number of imidazole rings is 2. The SMILES string of the molecule is O=C(O)CC[C@H](NC(=O)N[C@@H](CCCCNC(=O)CN(Cc1nccn1CC(=O)O)Cc1nccn1CC(=O)O)C(=O)O)C(=O)O. The monoisotopic (exact) mass is 652 g/mol. The molecular weight excluding hydrogens is 616 g/mol. The summed E-state index contributed by atoms with van der Waals surface area (Å²) in [7, 11) is 0. The van der Waals surface area contributed by atoms with E-state index >= 15 is 0 Å². The van der Waals surface area contributed by atoms with Gasteiger partial charge in [-0.2, -0.15) is 0 Å². The van der Waals surface area contributed by atoms with Crippen molar-refractivity contribution in [3.8, 4) is 0 Å². The number of rotatable bonds is 22. The van der Waals surface area contributed by atoms with Crippen molar-refractivity contribution in [2.75, 3.05) is 13.1 Å². The summed E-state index contributed by atoms with van der Waals surface area (Å²) < 4.78 is 2.78. The van der Waals surface area contributed by atoms with E-state index in [1.54, 1.807) is 4.90 Å². The van der Waals surface area contributed by atoms with Gasteiger partial charge in [0.15, 0.2) is 0 Å². The van der Waals surface area contributed by atoms with Crippen LogP contribution in [-0.2, 0) is 54.9 Å². The van der Waals surface area contributed by atoms with Gasteiger partial charge >= 0.3 is 35.9 Å². The van der Waals surface area contributed by atoms with Gasteiger partial charge in [-0.1, -0.05) is 0 Å². The van der Waals surface area contributed by atoms with Crippen molar-refractivity contribution >= 4 is 41.8 Å². The second kappa shape index (κ2) is 18.3. The fourth-order valence-corrected chi connectivity index (χ4v) is 4.23. The number of urea groups is 1. The van der Waals surface area contributed by atoms with Crippen molar-refractivity contribution in [2.45, 2.75) is 70.4 Å². The molecule has 252 valence electrons. The summed E-state index contributed by atoms with van der Waals surface area (Å²) in [5.41, 5.74) is 0. The minimum Gasteiger partial charge on any atom is -0.481 e. The minimum absolute atomic E-state index is 0.0285. The number of hydrogen-bond acceptors (Lipinski definition) is 10. The lowest BCUT2D eigenvalue weighted by Crippen LogP contribution is -2.51. The molecule has 20 nitrogen and oxygen atoms in total. The number of nitrogens with zero attached hydrogens (tertiary/aromatic N) is 5. The van der Waals surface area contributed by atoms with E-state index in [2.05, 4.69) is 20.6 Å². The average Bonchev–Trinajstić information content (AvgIpc) is 3.57. The number of aromatic nitrogens is 4. The van der Waals surface area contributed by atoms with Gasteiger partial charge in [-0.05, 0) is 25.7 Å². The van der Waals surface area contributed by atoms with Gasteiger partial charge in [0.25, 0.3) is 0 Å². The Morgan fingerprint density at radius 3 is 1.67 bits per heavy atom. The maximum atomic E-state index is 12.8. The van der Waals surface area contributed by atoms with Crippen molar-refractivity contribution in [1.29, 1.82) is 0 Å². The molecule has 2 aromatic heterocycles. The highest BCUT2D eigenvalue weighted by atomic mass is 16.4. The largest absolute Gasteiger partial charge is 0.481 e. The molecule has 2 atom stereocenters. The Kier molecular flexibility index (Phi) is 14.6. The highest BCUT2D eigenvalue weighted by Crippen LogP contribution is 2.10. The first-order valence-electron chi connectivity index (χ1n) is 13.9. The fourth-order valence-electron chi connectivity index (χ4n) is 4.23. The lowest BCUT2D eigenvalue weighted by molar-refractivity contribution is -0.141. The van der Waals surface area contributed by atoms with Crippen LogP contribution in [0.1, 0.15) is 43.8 Å². The van der Waals surface area contributed by atoms with E-state index in [1.807, 2.05) is 5.32 Å². The van der Waals surface area contributed by atoms with Crippen molar-refractivity contribution in [1.82, 2.24) is 40.0 Å². The van der Waals surface area contributed by atoms with Gasteiger partial charge in [-0.3, -0.25) is 24.1 Å². The fraction of sp³-hybridized carbons (Fsp3) is 0.500. The predicted molar refractivity (Wildman–Crippen MR) is 152 cm³/mol. The molecule has 0 saturated carbocycles. The maximum Gasteiger partial charge on any atom is 0.326 e. The van der Waals surface area contributed by atoms with Crippen LogP contribution < -0.4 is 16.0 Å². The molecule has 0 saturated heterocycles. The van der Waals surface area contributed by atoms with Crippen LogP contribution in [0.25, 0.3) is 0 Å². The second-order valence-electron chi connectivity index (χ2n) is 10.1. The highest BCUT2D eigenvalue weighted by molar-refractivity contribution is 5.86. The lowest BCUT2D eigenvalue weighted by Gasteiger charge is -2.22. The molecule has 2 aromatic rings. The first-order chi connectivity index (χ1) is 21.7. The Balaban J connectivity index is 1.92. The molecule has 0 radical (unpaired) electrons. The third-order valence-corrected chi connectivity index (χ3v) is 6.41. The van der Waals surface area contributed by atoms with E-state index < -0.39 is 66.7 Å². The van der Waals surface area contributed by atoms with Crippen LogP contribution in [0.4, 0.5) is 4.79 Å². The van der Waals surface area contributed by atoms with Gasteiger partial charge in [0.1, 0.15) is 36.8 Å². The van der Waals surface area contributed by atoms with Gasteiger partial charge in [0, 0.05) is 37.8 Å². The van der Waals surface area contributed by atoms with Gasteiger partial charge in [-0.25, -0.2) is 24.4 Å². The first-order valence-corrected chi connectivity index (χ1v) is 13.9. The molecule has 0 aliphatic rings. The summed E-state index contributed by atoms with van der Waals surface area (Å²) in [5.74, 6) is -6.06. The number of unbranched alkanes of at least 4 members (excludes halogenated alkanes) is 1. The maximum absolute atomic E-state index is 12.8. The third kappa shape index (κ3) is 13.4. The van der Waals surface area contributed by atoms with Crippen LogP contribution in [0.3, 0.4) is 0 Å². The Labute approximate surface area is 261 Å². The zero-order valence-electron chi connectivity index (χ0n) is 24.6. The van der Waals surface area contributed by atoms with E-state index in [9.17, 15) is 38.7 Å². The Morgan fingerprint density at radius 1 is 0.717 bits per heavy atom. The molecule has 0 spiro atoms. The number of carbonyl (C=O) groups excluding carboxylic acids is 2. The minimum atomic E-state index is -1.53. The van der Waals surface area contributed by atoms with Crippen molar-refractivity contribution in [3.05, 3.63) is 36.4 Å². The lowest BCUT2D eigenvalue weighted by atomic mass is 10.1. The molecule has 0 unspecified atom stereocenters. The molecule has 2 rings (SSSR count). The smallest absolute Gasteiger partial charge is 0.326 e. The summed E-state index contributed by atoms with van der Waals surface area (Å²) in [6, 6.07) is -4.01. The van der Waals surface area contributed by atoms with Gasteiger partial charge in [0.05, 0.1) is 19.6 Å². The Morgan fingerprint density at radius 2 is 1.22 bits per heavy atom. The Bertz CT molecular complexity index is 1330. The number of carbonyl (C=O) groups is 7. The van der Waals surface area contributed by atoms with E-state index in [1.165, 1.54) is 33.9 Å². The standard InChI is InChI=1S/C26H36N8O12/c35-20(29-6-2-1-3-16(24(42)43)30-26(46)31-17(25(44)45)4-5-21(36)37)13-32(11-18-27-7-9-33(18)14-22(38)39)12-19-28-8-10-34(19)15-23(40)41/h7-10,16-17H,1-6,11-15H2,(H,29,35)(H,36,37)(H,38,39)(H,40,41)(H,42,43)(H,44,45)(H2,30,31,46)/t16-,17-/m0/s1. The number of carboxylic acids is 5. The van der Waals surface area contributed by atoms with Crippen LogP contribution in [0.2, 0.25) is 0 Å². The molecule has 3 amide bonds. The van der Waals surface area contributed by atoms with E-state index in [4.69, 9.17) is 20.4 Å². The summed E-state index contributed by atoms with van der Waals surface area (Å²) in [5, 5.41) is 52.5. The molecule has 0 aliphatic heterocycles. The molecule has 46 heavy (non-hydrogen) atoms. The normalized spacial score (nSPS) is 12.2. The number of hydrogen-bond donors (Lipinski definition) is 8. The van der Waals surface area contributed by atoms with Crippen LogP contribution in [-0.4, -0.2) is 116 Å². The van der Waals surface area contributed by atoms with Gasteiger partial charge in [0.2, 0.25) is 5.91 Å². The summed E-state index contributed by atoms with van der Waals surface area (Å²) >= 11 is 0. The number of aliphatic carboxylic acids is 5. The number of amides is 3. The Hall–Kier alpha value is -5.53. The highest BCUT2D eigenvalue weighted by Gasteiger charge is 2.25. The molecule has 8 N–H and O–H groups in total. The van der Waals surface area contributed by atoms with Crippen molar-refractivity contribution in [3.63, 3.8) is 0 Å². The van der Waals surface area contributed by atoms with Crippen molar-refractivity contribution in [2.24, 2.45) is 0 Å². The number of carboxylic acid groups (broad SMARTS) is 5. The van der Waals surface area contributed by atoms with E-state index in [0.717, 1.165) is 0 Å². The third-order valence-electron chi connectivity index (χ3n) is 6.41. The predicted octanol–water partition coefficient (Wildman–Crippen LogP) is -1.39. The molecule has 0 fully saturated rings.